The maximum Gasteiger partial charge on any atom is 0.324 e. The van der Waals surface area contributed by atoms with Crippen LogP contribution >= 0.6 is 11.3 Å². The zero-order valence-electron chi connectivity index (χ0n) is 19.2. The summed E-state index contributed by atoms with van der Waals surface area (Å²) in [6.07, 6.45) is 3.45. The molecule has 0 spiro atoms. The van der Waals surface area contributed by atoms with Crippen molar-refractivity contribution in [1.82, 2.24) is 9.55 Å². The van der Waals surface area contributed by atoms with E-state index in [0.717, 1.165) is 28.0 Å². The Balaban J connectivity index is 1.60. The van der Waals surface area contributed by atoms with Crippen molar-refractivity contribution in [1.29, 1.82) is 0 Å². The van der Waals surface area contributed by atoms with Gasteiger partial charge in [-0.1, -0.05) is 53.5 Å². The minimum atomic E-state index is -0.419. The van der Waals surface area contributed by atoms with Crippen LogP contribution in [0.4, 0.5) is 5.00 Å². The van der Waals surface area contributed by atoms with Crippen molar-refractivity contribution in [3.05, 3.63) is 133 Å². The summed E-state index contributed by atoms with van der Waals surface area (Å²) >= 11 is 1.06. The van der Waals surface area contributed by atoms with Crippen molar-refractivity contribution in [3.63, 3.8) is 0 Å². The van der Waals surface area contributed by atoms with Crippen molar-refractivity contribution in [3.8, 4) is 17.5 Å². The van der Waals surface area contributed by atoms with E-state index in [-0.39, 0.29) is 10.6 Å². The molecule has 7 heteroatoms. The molecule has 0 amide bonds. The third-order valence-electron chi connectivity index (χ3n) is 5.55. The number of benzene rings is 3. The van der Waals surface area contributed by atoms with Gasteiger partial charge in [0.05, 0.1) is 21.5 Å². The Morgan fingerprint density at radius 1 is 0.917 bits per heavy atom. The molecule has 0 bridgehead atoms. The summed E-state index contributed by atoms with van der Waals surface area (Å²) < 4.78 is 1.57. The molecule has 5 rings (SSSR count). The van der Waals surface area contributed by atoms with Crippen LogP contribution in [0.5, 0.6) is 0 Å². The smallest absolute Gasteiger partial charge is 0.268 e. The highest BCUT2D eigenvalue weighted by molar-refractivity contribution is 7.16. The molecular weight excluding hydrogens is 470 g/mol. The van der Waals surface area contributed by atoms with Crippen molar-refractivity contribution in [2.75, 3.05) is 0 Å². The number of hydrogen-bond donors (Lipinski definition) is 0. The third-order valence-corrected chi connectivity index (χ3v) is 6.56. The Hall–Kier alpha value is -4.80. The van der Waals surface area contributed by atoms with Gasteiger partial charge in [-0.05, 0) is 73.2 Å². The molecule has 0 radical (unpaired) electrons. The van der Waals surface area contributed by atoms with Gasteiger partial charge in [-0.25, -0.2) is 4.98 Å². The number of fused-ring (bicyclic) bond motifs is 1. The molecule has 0 aliphatic carbocycles. The van der Waals surface area contributed by atoms with E-state index in [4.69, 9.17) is 4.98 Å². The van der Waals surface area contributed by atoms with Crippen LogP contribution in [0.3, 0.4) is 0 Å². The Kier molecular flexibility index (Phi) is 6.27. The summed E-state index contributed by atoms with van der Waals surface area (Å²) in [6.45, 7) is 1.93. The van der Waals surface area contributed by atoms with Gasteiger partial charge in [0, 0.05) is 22.1 Å². The monoisotopic (exact) mass is 489 g/mol. The molecular formula is C29H19N3O3S. The van der Waals surface area contributed by atoms with Crippen LogP contribution in [0, 0.1) is 28.9 Å². The van der Waals surface area contributed by atoms with E-state index in [0.29, 0.717) is 27.3 Å². The van der Waals surface area contributed by atoms with Crippen LogP contribution in [0.25, 0.3) is 28.7 Å². The van der Waals surface area contributed by atoms with Crippen LogP contribution in [0.1, 0.15) is 27.4 Å². The van der Waals surface area contributed by atoms with Crippen molar-refractivity contribution < 1.29 is 4.92 Å². The molecule has 2 heterocycles. The van der Waals surface area contributed by atoms with Gasteiger partial charge in [0.25, 0.3) is 5.56 Å². The zero-order chi connectivity index (χ0) is 25.1. The minimum Gasteiger partial charge on any atom is -0.268 e. The lowest BCUT2D eigenvalue weighted by Crippen LogP contribution is -2.23. The van der Waals surface area contributed by atoms with Crippen LogP contribution in [-0.4, -0.2) is 14.5 Å². The fourth-order valence-corrected chi connectivity index (χ4v) is 4.56. The molecule has 174 valence electrons. The number of rotatable bonds is 4. The second-order valence-electron chi connectivity index (χ2n) is 8.01. The number of para-hydroxylation sites is 1. The van der Waals surface area contributed by atoms with Gasteiger partial charge in [-0.3, -0.25) is 19.5 Å². The Labute approximate surface area is 211 Å². The van der Waals surface area contributed by atoms with Crippen LogP contribution < -0.4 is 5.56 Å². The van der Waals surface area contributed by atoms with Crippen molar-refractivity contribution >= 4 is 39.4 Å². The van der Waals surface area contributed by atoms with Crippen molar-refractivity contribution in [2.24, 2.45) is 0 Å². The lowest BCUT2D eigenvalue weighted by atomic mass is 10.1. The van der Waals surface area contributed by atoms with Crippen LogP contribution in [0.2, 0.25) is 0 Å². The Bertz CT molecular complexity index is 1760. The predicted octanol–water partition coefficient (Wildman–Crippen LogP) is 6.23. The topological polar surface area (TPSA) is 78.0 Å². The van der Waals surface area contributed by atoms with Gasteiger partial charge < -0.3 is 0 Å². The maximum absolute atomic E-state index is 13.6. The van der Waals surface area contributed by atoms with Gasteiger partial charge in [-0.15, -0.1) is 0 Å². The molecule has 3 aromatic carbocycles. The number of hydrogen-bond acceptors (Lipinski definition) is 5. The fraction of sp³-hybridized carbons (Fsp3) is 0.0345. The van der Waals surface area contributed by atoms with E-state index in [9.17, 15) is 14.9 Å². The summed E-state index contributed by atoms with van der Waals surface area (Å²) in [6, 6.07) is 25.8. The van der Waals surface area contributed by atoms with Gasteiger partial charge in [0.2, 0.25) is 0 Å². The molecule has 5 aromatic rings. The summed E-state index contributed by atoms with van der Waals surface area (Å²) in [5, 5.41) is 11.6. The quantitative estimate of drug-likeness (QED) is 0.170. The van der Waals surface area contributed by atoms with E-state index in [1.807, 2.05) is 67.6 Å². The van der Waals surface area contributed by atoms with E-state index in [1.54, 1.807) is 34.9 Å². The van der Waals surface area contributed by atoms with E-state index in [2.05, 4.69) is 11.8 Å². The second kappa shape index (κ2) is 9.82. The fourth-order valence-electron chi connectivity index (χ4n) is 3.83. The molecule has 0 N–H and O–H groups in total. The number of aryl methyl sites for hydroxylation is 1. The highest BCUT2D eigenvalue weighted by Gasteiger charge is 2.14. The molecule has 0 atom stereocenters. The summed E-state index contributed by atoms with van der Waals surface area (Å²) in [5.74, 6) is 6.76. The van der Waals surface area contributed by atoms with E-state index in [1.165, 1.54) is 6.07 Å². The first-order valence-electron chi connectivity index (χ1n) is 11.1. The largest absolute Gasteiger partial charge is 0.324 e. The molecule has 36 heavy (non-hydrogen) atoms. The minimum absolute atomic E-state index is 0.0570. The third kappa shape index (κ3) is 4.71. The molecule has 0 saturated heterocycles. The Morgan fingerprint density at radius 2 is 1.67 bits per heavy atom. The van der Waals surface area contributed by atoms with Gasteiger partial charge in [-0.2, -0.15) is 0 Å². The summed E-state index contributed by atoms with van der Waals surface area (Å²) in [5.41, 5.74) is 3.72. The maximum atomic E-state index is 13.6. The van der Waals surface area contributed by atoms with Gasteiger partial charge in [0.1, 0.15) is 5.82 Å². The predicted molar refractivity (Wildman–Crippen MR) is 144 cm³/mol. The van der Waals surface area contributed by atoms with Gasteiger partial charge >= 0.3 is 5.00 Å². The first-order chi connectivity index (χ1) is 17.5. The molecule has 2 aromatic heterocycles. The van der Waals surface area contributed by atoms with Crippen LogP contribution in [-0.2, 0) is 0 Å². The molecule has 6 nitrogen and oxygen atoms in total. The number of aromatic nitrogens is 2. The highest BCUT2D eigenvalue weighted by Crippen LogP contribution is 2.26. The van der Waals surface area contributed by atoms with E-state index < -0.39 is 4.92 Å². The summed E-state index contributed by atoms with van der Waals surface area (Å²) in [7, 11) is 0. The van der Waals surface area contributed by atoms with Gasteiger partial charge in [0.15, 0.2) is 0 Å². The first kappa shape index (κ1) is 23.0. The Morgan fingerprint density at radius 3 is 2.42 bits per heavy atom. The first-order valence-corrected chi connectivity index (χ1v) is 11.9. The second-order valence-corrected chi connectivity index (χ2v) is 9.11. The summed E-state index contributed by atoms with van der Waals surface area (Å²) in [4.78, 5) is 29.6. The number of nitro groups is 1. The lowest BCUT2D eigenvalue weighted by Gasteiger charge is -2.14. The SMILES string of the molecule is Cc1cc(C#Cc2ccccc2)ccc1-n1c(C=Cc2ccc([N+](=O)[O-])s2)nc2ccccc2c1=O. The average molecular weight is 490 g/mol. The zero-order valence-corrected chi connectivity index (χ0v) is 20.0. The number of thiophene rings is 1. The average Bonchev–Trinajstić information content (AvgIpc) is 3.37. The standard InChI is InChI=1S/C29H19N3O3S/c1-20-19-22(12-11-21-7-3-2-4-8-21)13-16-26(20)31-27(17-14-23-15-18-28(36-23)32(34)35)30-25-10-6-5-9-24(25)29(31)33/h2-10,13-19H,1H3. The van der Waals surface area contributed by atoms with Crippen molar-refractivity contribution in [2.45, 2.75) is 6.92 Å². The lowest BCUT2D eigenvalue weighted by molar-refractivity contribution is -0.380. The molecule has 0 aliphatic heterocycles. The molecule has 0 aliphatic rings. The molecule has 0 fully saturated rings. The van der Waals surface area contributed by atoms with E-state index >= 15 is 0 Å². The molecule has 0 saturated carbocycles. The number of nitrogens with zero attached hydrogens (tertiary/aromatic N) is 3. The highest BCUT2D eigenvalue weighted by atomic mass is 32.1. The van der Waals surface area contributed by atoms with Crippen LogP contribution in [0.15, 0.2) is 89.7 Å². The molecule has 0 unspecified atom stereocenters. The normalized spacial score (nSPS) is 10.9.